The maximum atomic E-state index is 12.0. The standard InChI is InChI=1S/C45H75N3O35/c46-48-47-2-1-3-69-38-30(68)37-17(10-55)76-45(38)83-36-16(9-54)75-43(29(67)23(36)61)81-34-14(7-52)73-41(27(65)21(34)59)79-32-12(5-50)71-39(25(63)19(32)57)77-31-11(4-49)70-40(24(62)18(31)56)78-33-13(6-51)72-42(26(64)20(33)58)80-35-15(8-53)74-44(82-37)28(66)22(35)60/h11-45,49-68H,1-10H2/t11-,12-,13-,14-,15-,16-,17-,18-,19+,20-,21+,22-,23+,24-,25+,26-,27+,28-,29+,30+,31-,32-,33-,34-,35-,36-,37-,38-,39-,40-,41-,42-,43-,44-,45-/m1/s1. The lowest BCUT2D eigenvalue weighted by Gasteiger charge is -2.50. The minimum Gasteiger partial charge on any atom is -0.394 e. The number of aliphatic hydroxyl groups is 20. The van der Waals surface area contributed by atoms with E-state index in [-0.39, 0.29) is 19.6 Å². The Morgan fingerprint density at radius 2 is 0.494 bits per heavy atom. The Morgan fingerprint density at radius 3 is 0.711 bits per heavy atom. The molecule has 0 aliphatic carbocycles. The van der Waals surface area contributed by atoms with Gasteiger partial charge in [0.1, 0.15) is 171 Å². The van der Waals surface area contributed by atoms with E-state index in [9.17, 15) is 102 Å². The second kappa shape index (κ2) is 29.5. The third kappa shape index (κ3) is 13.9. The van der Waals surface area contributed by atoms with Gasteiger partial charge in [0, 0.05) is 18.1 Å². The highest BCUT2D eigenvalue weighted by atomic mass is 16.8. The number of aliphatic hydroxyl groups excluding tert-OH is 20. The fraction of sp³-hybridized carbons (Fsp3) is 1.00. The van der Waals surface area contributed by atoms with Crippen LogP contribution >= 0.6 is 0 Å². The van der Waals surface area contributed by atoms with Crippen LogP contribution in [0, 0.1) is 0 Å². The Bertz CT molecular complexity index is 2040. The lowest BCUT2D eigenvalue weighted by Crippen LogP contribution is -2.68. The molecular weight excluding hydrogens is 1140 g/mol. The van der Waals surface area contributed by atoms with Crippen molar-refractivity contribution in [3.63, 3.8) is 0 Å². The molecule has 20 N–H and O–H groups in total. The summed E-state index contributed by atoms with van der Waals surface area (Å²) in [5.41, 5.74) is 8.79. The molecule has 15 heterocycles. The van der Waals surface area contributed by atoms with E-state index < -0.39 is 261 Å². The predicted molar refractivity (Wildman–Crippen MR) is 251 cm³/mol. The number of fused-ring (bicyclic) bond motifs is 7. The molecular formula is C45H75N3O35. The topological polar surface area (TPSA) is 592 Å². The highest BCUT2D eigenvalue weighted by Crippen LogP contribution is 2.39. The van der Waals surface area contributed by atoms with E-state index in [1.54, 1.807) is 0 Å². The summed E-state index contributed by atoms with van der Waals surface area (Å²) in [7, 11) is 0. The summed E-state index contributed by atoms with van der Waals surface area (Å²) in [5.74, 6) is 0. The third-order valence-corrected chi connectivity index (χ3v) is 15.5. The molecule has 0 amide bonds. The van der Waals surface area contributed by atoms with E-state index in [4.69, 9.17) is 76.6 Å². The number of hydrogen-bond acceptors (Lipinski definition) is 36. The first-order valence-corrected chi connectivity index (χ1v) is 26.6. The molecule has 15 fully saturated rings. The van der Waals surface area contributed by atoms with Crippen LogP contribution in [-0.4, -0.2) is 376 Å². The number of nitrogens with zero attached hydrogens (tertiary/aromatic N) is 3. The summed E-state index contributed by atoms with van der Waals surface area (Å²) in [4.78, 5) is 2.65. The van der Waals surface area contributed by atoms with Gasteiger partial charge in [0.25, 0.3) is 0 Å². The van der Waals surface area contributed by atoms with Gasteiger partial charge in [0.15, 0.2) is 44.0 Å². The summed E-state index contributed by atoms with van der Waals surface area (Å²) in [6.07, 6.45) is -69.7. The fourth-order valence-electron chi connectivity index (χ4n) is 11.0. The zero-order valence-electron chi connectivity index (χ0n) is 43.7. The summed E-state index contributed by atoms with van der Waals surface area (Å²) >= 11 is 0. The molecule has 15 aliphatic heterocycles. The highest BCUT2D eigenvalue weighted by Gasteiger charge is 2.60. The average molecular weight is 1220 g/mol. The van der Waals surface area contributed by atoms with Crippen LogP contribution in [0.5, 0.6) is 0 Å². The molecule has 35 atom stereocenters. The van der Waals surface area contributed by atoms with E-state index >= 15 is 0 Å². The largest absolute Gasteiger partial charge is 0.394 e. The van der Waals surface area contributed by atoms with Crippen molar-refractivity contribution in [2.45, 2.75) is 221 Å². The van der Waals surface area contributed by atoms with Gasteiger partial charge in [-0.2, -0.15) is 0 Å². The predicted octanol–water partition coefficient (Wildman–Crippen LogP) is -13.5. The van der Waals surface area contributed by atoms with Crippen molar-refractivity contribution in [3.8, 4) is 0 Å². The Labute approximate surface area is 468 Å². The lowest BCUT2D eigenvalue weighted by atomic mass is 9.95. The zero-order chi connectivity index (χ0) is 60.3. The Kier molecular flexibility index (Phi) is 23.7. The molecule has 38 heteroatoms. The maximum Gasteiger partial charge on any atom is 0.187 e. The number of ether oxygens (including phenoxy) is 15. The molecule has 15 aliphatic rings. The summed E-state index contributed by atoms with van der Waals surface area (Å²) in [5, 5.41) is 225. The van der Waals surface area contributed by atoms with E-state index in [1.807, 2.05) is 0 Å². The normalized spacial score (nSPS) is 52.1. The van der Waals surface area contributed by atoms with Gasteiger partial charge in [-0.05, 0) is 12.0 Å². The Morgan fingerprint density at radius 1 is 0.289 bits per heavy atom. The van der Waals surface area contributed by atoms with Crippen LogP contribution in [0.15, 0.2) is 5.11 Å². The average Bonchev–Trinajstić information content (AvgIpc) is 3.29. The minimum atomic E-state index is -2.22. The van der Waals surface area contributed by atoms with Gasteiger partial charge in [0.05, 0.1) is 46.2 Å². The molecule has 480 valence electrons. The number of azide groups is 1. The zero-order valence-corrected chi connectivity index (χ0v) is 43.7. The maximum absolute atomic E-state index is 12.0. The smallest absolute Gasteiger partial charge is 0.187 e. The van der Waals surface area contributed by atoms with E-state index in [2.05, 4.69) is 10.0 Å². The summed E-state index contributed by atoms with van der Waals surface area (Å²) in [6, 6.07) is 0. The molecule has 15 rings (SSSR count). The first kappa shape index (κ1) is 66.9. The molecule has 0 aromatic rings. The Balaban J connectivity index is 1.10. The van der Waals surface area contributed by atoms with Crippen LogP contribution in [0.3, 0.4) is 0 Å². The second-order valence-corrected chi connectivity index (χ2v) is 20.8. The molecule has 0 radical (unpaired) electrons. The molecule has 0 aromatic carbocycles. The highest BCUT2D eigenvalue weighted by molar-refractivity contribution is 5.02. The van der Waals surface area contributed by atoms with Crippen molar-refractivity contribution in [1.82, 2.24) is 0 Å². The fourth-order valence-corrected chi connectivity index (χ4v) is 11.0. The van der Waals surface area contributed by atoms with E-state index in [1.165, 1.54) is 0 Å². The minimum absolute atomic E-state index is 0.000349. The van der Waals surface area contributed by atoms with Crippen molar-refractivity contribution >= 4 is 0 Å². The van der Waals surface area contributed by atoms with Crippen molar-refractivity contribution in [2.24, 2.45) is 5.11 Å². The van der Waals surface area contributed by atoms with Crippen LogP contribution < -0.4 is 0 Å². The van der Waals surface area contributed by atoms with Gasteiger partial charge in [-0.1, -0.05) is 5.11 Å². The molecule has 83 heavy (non-hydrogen) atoms. The number of hydrogen-bond donors (Lipinski definition) is 20. The SMILES string of the molecule is [N-]=[N+]=NCCCO[C@H]1[C@H]2O[C@H]3[C@@H](O)[C@H](O)[C@@H](O[C@H]4[C@@H](O)[C@H](O)[C@@H](O[C@H]5[C@@H](O)[C@H](O)[C@@H](O[C@H]6[C@H](O)[C@@H](O)[C@@H](O[C@H]7[C@H](O)[C@@H](O)[C@@H](O[C@H]8[C@H](O)[C@@H](O)[C@@H](O[C@@H]([C@@H]1O)[C@@H](CO)O2)O[C@@H]8CO)O[C@@H]7CO)O[C@@H]6CO)O[C@@H]5CO)O[C@@H]4CO)O[C@@H]3CO. The number of rotatable bonds is 12. The molecule has 0 saturated carbocycles. The summed E-state index contributed by atoms with van der Waals surface area (Å²) in [6.45, 7) is -7.81. The molecule has 38 nitrogen and oxygen atoms in total. The quantitative estimate of drug-likeness (QED) is 0.0373. The van der Waals surface area contributed by atoms with Crippen LogP contribution in [-0.2, 0) is 71.1 Å². The van der Waals surface area contributed by atoms with Gasteiger partial charge < -0.3 is 173 Å². The van der Waals surface area contributed by atoms with E-state index in [0.717, 1.165) is 0 Å². The van der Waals surface area contributed by atoms with E-state index in [0.29, 0.717) is 0 Å². The lowest BCUT2D eigenvalue weighted by molar-refractivity contribution is -0.398. The van der Waals surface area contributed by atoms with Gasteiger partial charge in [0.2, 0.25) is 0 Å². The van der Waals surface area contributed by atoms with Crippen LogP contribution in [0.25, 0.3) is 10.4 Å². The van der Waals surface area contributed by atoms with Gasteiger partial charge in [-0.25, -0.2) is 0 Å². The van der Waals surface area contributed by atoms with Gasteiger partial charge in [-0.15, -0.1) is 0 Å². The third-order valence-electron chi connectivity index (χ3n) is 15.5. The van der Waals surface area contributed by atoms with Crippen molar-refractivity contribution in [2.75, 3.05) is 59.4 Å². The van der Waals surface area contributed by atoms with Crippen LogP contribution in [0.2, 0.25) is 0 Å². The monoisotopic (exact) mass is 1220 g/mol. The van der Waals surface area contributed by atoms with Gasteiger partial charge in [-0.3, -0.25) is 0 Å². The van der Waals surface area contributed by atoms with Crippen LogP contribution in [0.1, 0.15) is 6.42 Å². The summed E-state index contributed by atoms with van der Waals surface area (Å²) < 4.78 is 86.8. The first-order valence-electron chi connectivity index (χ1n) is 26.6. The Hall–Kier alpha value is -2.09. The second-order valence-electron chi connectivity index (χ2n) is 20.8. The van der Waals surface area contributed by atoms with Crippen LogP contribution in [0.4, 0.5) is 0 Å². The van der Waals surface area contributed by atoms with Crippen molar-refractivity contribution in [3.05, 3.63) is 10.4 Å². The van der Waals surface area contributed by atoms with Crippen molar-refractivity contribution in [1.29, 1.82) is 0 Å². The molecule has 0 spiro atoms. The first-order chi connectivity index (χ1) is 39.7. The molecule has 0 aromatic heterocycles. The molecule has 0 unspecified atom stereocenters. The van der Waals surface area contributed by atoms with Gasteiger partial charge >= 0.3 is 0 Å². The molecule has 14 bridgehead atoms. The van der Waals surface area contributed by atoms with Crippen molar-refractivity contribution < 1.29 is 173 Å². The molecule has 15 saturated heterocycles.